The van der Waals surface area contributed by atoms with Crippen molar-refractivity contribution in [2.45, 2.75) is 44.9 Å². The molecule has 1 amide bonds. The largest absolute Gasteiger partial charge is 0.487 e. The second-order valence-electron chi connectivity index (χ2n) is 6.51. The lowest BCUT2D eigenvalue weighted by Crippen LogP contribution is -2.37. The third-order valence-electron chi connectivity index (χ3n) is 4.47. The van der Waals surface area contributed by atoms with Gasteiger partial charge in [-0.2, -0.15) is 0 Å². The van der Waals surface area contributed by atoms with E-state index < -0.39 is 0 Å². The minimum Gasteiger partial charge on any atom is -0.487 e. The highest BCUT2D eigenvalue weighted by atomic mass is 16.5. The quantitative estimate of drug-likeness (QED) is 0.878. The number of benzene rings is 1. The zero-order valence-electron chi connectivity index (χ0n) is 14.5. The number of carbonyl (C=O) groups is 1. The third-order valence-corrected chi connectivity index (χ3v) is 4.47. The van der Waals surface area contributed by atoms with E-state index in [1.54, 1.807) is 25.3 Å². The van der Waals surface area contributed by atoms with E-state index in [1.807, 2.05) is 35.2 Å². The van der Waals surface area contributed by atoms with Gasteiger partial charge in [0.05, 0.1) is 11.8 Å². The maximum Gasteiger partial charge on any atom is 0.254 e. The molecule has 132 valence electrons. The van der Waals surface area contributed by atoms with Crippen molar-refractivity contribution in [3.05, 3.63) is 59.9 Å². The molecule has 1 aromatic carbocycles. The summed E-state index contributed by atoms with van der Waals surface area (Å²) in [6, 6.07) is 13.1. The molecular formula is C20H24N2O3. The van der Waals surface area contributed by atoms with Gasteiger partial charge in [0.15, 0.2) is 0 Å². The van der Waals surface area contributed by atoms with Gasteiger partial charge in [-0.05, 0) is 62.6 Å². The number of likely N-dealkylation sites (tertiary alicyclic amines) is 1. The van der Waals surface area contributed by atoms with Crippen molar-refractivity contribution in [2.24, 2.45) is 0 Å². The predicted octanol–water partition coefficient (Wildman–Crippen LogP) is 3.04. The van der Waals surface area contributed by atoms with Crippen molar-refractivity contribution < 1.29 is 14.6 Å². The zero-order chi connectivity index (χ0) is 17.6. The molecule has 3 rings (SSSR count). The van der Waals surface area contributed by atoms with Crippen LogP contribution in [0.1, 0.15) is 42.2 Å². The van der Waals surface area contributed by atoms with Crippen molar-refractivity contribution in [1.29, 1.82) is 0 Å². The summed E-state index contributed by atoms with van der Waals surface area (Å²) in [6.07, 6.45) is 3.94. The molecule has 1 aliphatic heterocycles. The van der Waals surface area contributed by atoms with Crippen LogP contribution in [0, 0.1) is 0 Å². The Bertz CT molecular complexity index is 686. The molecule has 0 bridgehead atoms. The van der Waals surface area contributed by atoms with Crippen LogP contribution in [0.2, 0.25) is 0 Å². The van der Waals surface area contributed by atoms with Gasteiger partial charge in [-0.3, -0.25) is 9.78 Å². The number of hydrogen-bond donors (Lipinski definition) is 1. The van der Waals surface area contributed by atoms with Crippen LogP contribution in [0.4, 0.5) is 0 Å². The van der Waals surface area contributed by atoms with Crippen LogP contribution in [0.3, 0.4) is 0 Å². The Morgan fingerprint density at radius 2 is 2.12 bits per heavy atom. The molecule has 2 heterocycles. The van der Waals surface area contributed by atoms with Crippen molar-refractivity contribution in [2.75, 3.05) is 6.54 Å². The number of aliphatic hydroxyl groups is 1. The molecule has 1 N–H and O–H groups in total. The average molecular weight is 340 g/mol. The van der Waals surface area contributed by atoms with Crippen LogP contribution in [-0.2, 0) is 6.61 Å². The summed E-state index contributed by atoms with van der Waals surface area (Å²) < 4.78 is 5.71. The van der Waals surface area contributed by atoms with E-state index in [-0.39, 0.29) is 18.1 Å². The van der Waals surface area contributed by atoms with Gasteiger partial charge in [0.1, 0.15) is 12.4 Å². The molecule has 2 aromatic rings. The average Bonchev–Trinajstić information content (AvgIpc) is 3.08. The summed E-state index contributed by atoms with van der Waals surface area (Å²) in [7, 11) is 0. The fourth-order valence-electron chi connectivity index (χ4n) is 3.24. The molecule has 0 radical (unpaired) electrons. The Morgan fingerprint density at radius 3 is 2.80 bits per heavy atom. The number of pyridine rings is 1. The summed E-state index contributed by atoms with van der Waals surface area (Å²) in [5, 5.41) is 9.61. The summed E-state index contributed by atoms with van der Waals surface area (Å²) >= 11 is 0. The van der Waals surface area contributed by atoms with Crippen molar-refractivity contribution in [1.82, 2.24) is 9.88 Å². The lowest BCUT2D eigenvalue weighted by molar-refractivity contribution is 0.0682. The minimum atomic E-state index is -0.388. The molecule has 0 saturated carbocycles. The number of rotatable bonds is 6. The van der Waals surface area contributed by atoms with Gasteiger partial charge in [-0.15, -0.1) is 0 Å². The molecule has 25 heavy (non-hydrogen) atoms. The summed E-state index contributed by atoms with van der Waals surface area (Å²) in [6.45, 7) is 2.93. The second-order valence-corrected chi connectivity index (χ2v) is 6.51. The Morgan fingerprint density at radius 1 is 1.32 bits per heavy atom. The molecule has 1 fully saturated rings. The van der Waals surface area contributed by atoms with Crippen molar-refractivity contribution >= 4 is 5.91 Å². The van der Waals surface area contributed by atoms with Gasteiger partial charge in [0, 0.05) is 24.3 Å². The predicted molar refractivity (Wildman–Crippen MR) is 95.4 cm³/mol. The number of carbonyl (C=O) groups excluding carboxylic acids is 1. The first-order valence-corrected chi connectivity index (χ1v) is 8.75. The molecule has 0 spiro atoms. The highest BCUT2D eigenvalue weighted by Gasteiger charge is 2.30. The van der Waals surface area contributed by atoms with Gasteiger partial charge in [-0.25, -0.2) is 0 Å². The smallest absolute Gasteiger partial charge is 0.254 e. The van der Waals surface area contributed by atoms with Gasteiger partial charge >= 0.3 is 0 Å². The molecule has 2 unspecified atom stereocenters. The van der Waals surface area contributed by atoms with Crippen LogP contribution in [0.5, 0.6) is 5.75 Å². The molecule has 5 heteroatoms. The van der Waals surface area contributed by atoms with Gasteiger partial charge < -0.3 is 14.7 Å². The fourth-order valence-corrected chi connectivity index (χ4v) is 3.24. The standard InChI is InChI=1S/C20H24N2O3/c1-15(23)13-18-6-4-12-22(18)20(24)16-7-9-19(10-8-16)25-14-17-5-2-3-11-21-17/h2-3,5,7-11,15,18,23H,4,6,12-14H2,1H3. The van der Waals surface area contributed by atoms with Crippen LogP contribution in [0.15, 0.2) is 48.7 Å². The molecule has 1 saturated heterocycles. The monoisotopic (exact) mass is 340 g/mol. The van der Waals surface area contributed by atoms with E-state index in [9.17, 15) is 9.90 Å². The number of amides is 1. The fraction of sp³-hybridized carbons (Fsp3) is 0.400. The maximum atomic E-state index is 12.7. The van der Waals surface area contributed by atoms with Crippen LogP contribution in [0.25, 0.3) is 0 Å². The number of aromatic nitrogens is 1. The van der Waals surface area contributed by atoms with E-state index in [1.165, 1.54) is 0 Å². The second kappa shape index (κ2) is 8.12. The van der Waals surface area contributed by atoms with Gasteiger partial charge in [0.25, 0.3) is 5.91 Å². The Hall–Kier alpha value is -2.40. The molecule has 0 aliphatic carbocycles. The van der Waals surface area contributed by atoms with Gasteiger partial charge in [0.2, 0.25) is 0 Å². The summed E-state index contributed by atoms with van der Waals surface area (Å²) in [4.78, 5) is 18.8. The highest BCUT2D eigenvalue weighted by molar-refractivity contribution is 5.94. The summed E-state index contributed by atoms with van der Waals surface area (Å²) in [5.41, 5.74) is 1.52. The van der Waals surface area contributed by atoms with E-state index in [0.29, 0.717) is 24.3 Å². The third kappa shape index (κ3) is 4.57. The molecule has 1 aliphatic rings. The topological polar surface area (TPSA) is 62.7 Å². The number of ether oxygens (including phenoxy) is 1. The first-order chi connectivity index (χ1) is 12.1. The summed E-state index contributed by atoms with van der Waals surface area (Å²) in [5.74, 6) is 0.739. The molecular weight excluding hydrogens is 316 g/mol. The zero-order valence-corrected chi connectivity index (χ0v) is 14.5. The van der Waals surface area contributed by atoms with E-state index >= 15 is 0 Å². The Labute approximate surface area is 148 Å². The number of aliphatic hydroxyl groups excluding tert-OH is 1. The normalized spacial score (nSPS) is 18.2. The van der Waals surface area contributed by atoms with Crippen LogP contribution >= 0.6 is 0 Å². The van der Waals surface area contributed by atoms with Crippen molar-refractivity contribution in [3.63, 3.8) is 0 Å². The van der Waals surface area contributed by atoms with Crippen LogP contribution in [-0.4, -0.2) is 39.6 Å². The Kier molecular flexibility index (Phi) is 5.66. The Balaban J connectivity index is 1.60. The van der Waals surface area contributed by atoms with Gasteiger partial charge in [-0.1, -0.05) is 6.07 Å². The minimum absolute atomic E-state index is 0.0272. The highest BCUT2D eigenvalue weighted by Crippen LogP contribution is 2.24. The lowest BCUT2D eigenvalue weighted by atomic mass is 10.1. The van der Waals surface area contributed by atoms with Crippen LogP contribution < -0.4 is 4.74 Å². The maximum absolute atomic E-state index is 12.7. The van der Waals surface area contributed by atoms with E-state index in [2.05, 4.69) is 4.98 Å². The lowest BCUT2D eigenvalue weighted by Gasteiger charge is -2.25. The molecule has 2 atom stereocenters. The van der Waals surface area contributed by atoms with Crippen molar-refractivity contribution in [3.8, 4) is 5.75 Å². The van der Waals surface area contributed by atoms with E-state index in [4.69, 9.17) is 4.74 Å². The number of hydrogen-bond acceptors (Lipinski definition) is 4. The SMILES string of the molecule is CC(O)CC1CCCN1C(=O)c1ccc(OCc2ccccn2)cc1. The first kappa shape index (κ1) is 17.4. The molecule has 5 nitrogen and oxygen atoms in total. The first-order valence-electron chi connectivity index (χ1n) is 8.75. The molecule has 1 aromatic heterocycles. The number of nitrogens with zero attached hydrogens (tertiary/aromatic N) is 2. The van der Waals surface area contributed by atoms with E-state index in [0.717, 1.165) is 25.1 Å².